The summed E-state index contributed by atoms with van der Waals surface area (Å²) < 4.78 is 0. The highest BCUT2D eigenvalue weighted by atomic mass is 16.3. The van der Waals surface area contributed by atoms with E-state index in [-0.39, 0.29) is 0 Å². The van der Waals surface area contributed by atoms with Gasteiger partial charge >= 0.3 is 0 Å². The van der Waals surface area contributed by atoms with Crippen molar-refractivity contribution in [1.82, 2.24) is 5.32 Å². The molecule has 20 heavy (non-hydrogen) atoms. The van der Waals surface area contributed by atoms with E-state index in [9.17, 15) is 5.11 Å². The molecule has 112 valence electrons. The lowest BCUT2D eigenvalue weighted by Crippen LogP contribution is -2.29. The predicted octanol–water partition coefficient (Wildman–Crippen LogP) is 2.88. The third-order valence-corrected chi connectivity index (χ3v) is 4.10. The molecule has 0 fully saturated rings. The molecule has 1 atom stereocenters. The van der Waals surface area contributed by atoms with Gasteiger partial charge in [0.05, 0.1) is 5.60 Å². The zero-order valence-electron chi connectivity index (χ0n) is 13.2. The average molecular weight is 276 g/mol. The van der Waals surface area contributed by atoms with Crippen LogP contribution in [-0.4, -0.2) is 30.3 Å². The number of nitrogens with zero attached hydrogens (tertiary/aromatic N) is 1. The van der Waals surface area contributed by atoms with Crippen LogP contribution in [0.2, 0.25) is 0 Å². The van der Waals surface area contributed by atoms with Crippen LogP contribution in [0.1, 0.15) is 51.3 Å². The molecule has 2 rings (SSSR count). The van der Waals surface area contributed by atoms with Gasteiger partial charge in [-0.2, -0.15) is 0 Å². The maximum Gasteiger partial charge on any atom is 0.0608 e. The molecule has 1 aliphatic rings. The van der Waals surface area contributed by atoms with E-state index in [1.165, 1.54) is 16.8 Å². The molecule has 0 radical (unpaired) electrons. The second kappa shape index (κ2) is 6.15. The van der Waals surface area contributed by atoms with E-state index >= 15 is 0 Å². The summed E-state index contributed by atoms with van der Waals surface area (Å²) in [7, 11) is 0. The lowest BCUT2D eigenvalue weighted by atomic mass is 10.0. The minimum Gasteiger partial charge on any atom is -0.390 e. The molecule has 1 heterocycles. The monoisotopic (exact) mass is 276 g/mol. The Balaban J connectivity index is 2.06. The molecule has 0 aliphatic carbocycles. The Bertz CT molecular complexity index is 451. The first-order chi connectivity index (χ1) is 9.40. The molecule has 0 aromatic heterocycles. The number of benzene rings is 1. The minimum atomic E-state index is -0.581. The van der Waals surface area contributed by atoms with Crippen LogP contribution in [0.4, 0.5) is 5.69 Å². The van der Waals surface area contributed by atoms with Gasteiger partial charge in [-0.1, -0.05) is 19.1 Å². The van der Waals surface area contributed by atoms with Crippen LogP contribution in [0.25, 0.3) is 0 Å². The fourth-order valence-electron chi connectivity index (χ4n) is 2.82. The van der Waals surface area contributed by atoms with Crippen molar-refractivity contribution in [3.63, 3.8) is 0 Å². The lowest BCUT2D eigenvalue weighted by molar-refractivity contribution is 0.0732. The Morgan fingerprint density at radius 2 is 2.15 bits per heavy atom. The highest BCUT2D eigenvalue weighted by Crippen LogP contribution is 2.31. The number of aliphatic hydroxyl groups is 1. The van der Waals surface area contributed by atoms with E-state index in [1.807, 2.05) is 13.8 Å². The van der Waals surface area contributed by atoms with Gasteiger partial charge in [-0.15, -0.1) is 0 Å². The fourth-order valence-corrected chi connectivity index (χ4v) is 2.82. The van der Waals surface area contributed by atoms with Gasteiger partial charge in [0.1, 0.15) is 0 Å². The summed E-state index contributed by atoms with van der Waals surface area (Å²) in [4.78, 5) is 2.40. The van der Waals surface area contributed by atoms with Crippen molar-refractivity contribution in [2.24, 2.45) is 0 Å². The van der Waals surface area contributed by atoms with Crippen molar-refractivity contribution >= 4 is 5.69 Å². The highest BCUT2D eigenvalue weighted by Gasteiger charge is 2.22. The molecule has 1 aliphatic heterocycles. The van der Waals surface area contributed by atoms with Crippen LogP contribution in [0.3, 0.4) is 0 Å². The van der Waals surface area contributed by atoms with Crippen molar-refractivity contribution < 1.29 is 5.11 Å². The van der Waals surface area contributed by atoms with Crippen LogP contribution >= 0.6 is 0 Å². The van der Waals surface area contributed by atoms with E-state index in [1.54, 1.807) is 0 Å². The van der Waals surface area contributed by atoms with Gasteiger partial charge in [-0.3, -0.25) is 0 Å². The van der Waals surface area contributed by atoms with Gasteiger partial charge in [0, 0.05) is 24.8 Å². The number of fused-ring (bicyclic) bond motifs is 1. The molecule has 0 bridgehead atoms. The first-order valence-electron chi connectivity index (χ1n) is 7.74. The van der Waals surface area contributed by atoms with E-state index in [0.717, 1.165) is 32.5 Å². The van der Waals surface area contributed by atoms with Gasteiger partial charge in [-0.05, 0) is 57.4 Å². The van der Waals surface area contributed by atoms with Crippen LogP contribution in [-0.2, 0) is 6.42 Å². The molecule has 3 nitrogen and oxygen atoms in total. The summed E-state index contributed by atoms with van der Waals surface area (Å²) in [6, 6.07) is 7.23. The van der Waals surface area contributed by atoms with Crippen LogP contribution in [0.5, 0.6) is 0 Å². The zero-order chi connectivity index (χ0) is 14.8. The largest absolute Gasteiger partial charge is 0.390 e. The first-order valence-corrected chi connectivity index (χ1v) is 7.74. The Hall–Kier alpha value is -1.06. The molecule has 0 saturated heterocycles. The number of hydrogen-bond donors (Lipinski definition) is 2. The van der Waals surface area contributed by atoms with Crippen LogP contribution < -0.4 is 10.2 Å². The fraction of sp³-hybridized carbons (Fsp3) is 0.647. The standard InChI is InChI=1S/C17H28N2O/c1-5-18-13(2)14-6-7-16-15(12-14)8-10-19(16)11-9-17(3,4)20/h6-7,12-13,18,20H,5,8-11H2,1-4H3. The van der Waals surface area contributed by atoms with E-state index in [4.69, 9.17) is 0 Å². The summed E-state index contributed by atoms with van der Waals surface area (Å²) in [6.45, 7) is 11.1. The van der Waals surface area contributed by atoms with Gasteiger partial charge < -0.3 is 15.3 Å². The Morgan fingerprint density at radius 1 is 1.40 bits per heavy atom. The van der Waals surface area contributed by atoms with Gasteiger partial charge in [0.15, 0.2) is 0 Å². The topological polar surface area (TPSA) is 35.5 Å². The third-order valence-electron chi connectivity index (χ3n) is 4.10. The number of rotatable bonds is 6. The molecule has 1 aromatic rings. The smallest absolute Gasteiger partial charge is 0.0608 e. The number of hydrogen-bond acceptors (Lipinski definition) is 3. The quantitative estimate of drug-likeness (QED) is 0.838. The van der Waals surface area contributed by atoms with E-state index in [2.05, 4.69) is 42.3 Å². The summed E-state index contributed by atoms with van der Waals surface area (Å²) in [5.74, 6) is 0. The lowest BCUT2D eigenvalue weighted by Gasteiger charge is -2.24. The van der Waals surface area contributed by atoms with Crippen LogP contribution in [0, 0.1) is 0 Å². The van der Waals surface area contributed by atoms with Crippen molar-refractivity contribution in [2.75, 3.05) is 24.5 Å². The molecule has 3 heteroatoms. The molecular weight excluding hydrogens is 248 g/mol. The second-order valence-corrected chi connectivity index (χ2v) is 6.47. The molecule has 0 saturated carbocycles. The minimum absolute atomic E-state index is 0.413. The van der Waals surface area contributed by atoms with Gasteiger partial charge in [-0.25, -0.2) is 0 Å². The summed E-state index contributed by atoms with van der Waals surface area (Å²) in [5, 5.41) is 13.3. The van der Waals surface area contributed by atoms with Crippen LogP contribution in [0.15, 0.2) is 18.2 Å². The average Bonchev–Trinajstić information content (AvgIpc) is 2.78. The van der Waals surface area contributed by atoms with E-state index < -0.39 is 5.60 Å². The Labute approximate surface area is 123 Å². The first kappa shape index (κ1) is 15.3. The highest BCUT2D eigenvalue weighted by molar-refractivity contribution is 5.59. The molecule has 2 N–H and O–H groups in total. The number of anilines is 1. The zero-order valence-corrected chi connectivity index (χ0v) is 13.2. The maximum atomic E-state index is 9.87. The van der Waals surface area contributed by atoms with Crippen molar-refractivity contribution in [3.05, 3.63) is 29.3 Å². The Morgan fingerprint density at radius 3 is 2.80 bits per heavy atom. The van der Waals surface area contributed by atoms with Crippen molar-refractivity contribution in [1.29, 1.82) is 0 Å². The summed E-state index contributed by atoms with van der Waals surface area (Å²) in [5.41, 5.74) is 3.59. The summed E-state index contributed by atoms with van der Waals surface area (Å²) >= 11 is 0. The van der Waals surface area contributed by atoms with E-state index in [0.29, 0.717) is 6.04 Å². The van der Waals surface area contributed by atoms with Gasteiger partial charge in [0.25, 0.3) is 0 Å². The molecule has 1 aromatic carbocycles. The molecule has 0 amide bonds. The third kappa shape index (κ3) is 3.74. The van der Waals surface area contributed by atoms with Crippen molar-refractivity contribution in [2.45, 2.75) is 52.2 Å². The van der Waals surface area contributed by atoms with Gasteiger partial charge in [0.2, 0.25) is 0 Å². The second-order valence-electron chi connectivity index (χ2n) is 6.47. The molecular formula is C17H28N2O. The predicted molar refractivity (Wildman–Crippen MR) is 85.4 cm³/mol. The molecule has 0 spiro atoms. The maximum absolute atomic E-state index is 9.87. The SMILES string of the molecule is CCNC(C)c1ccc2c(c1)CCN2CCC(C)(C)O. The van der Waals surface area contributed by atoms with Crippen molar-refractivity contribution in [3.8, 4) is 0 Å². The summed E-state index contributed by atoms with van der Waals surface area (Å²) in [6.07, 6.45) is 1.93. The normalized spacial score (nSPS) is 16.4. The molecule has 1 unspecified atom stereocenters. The Kier molecular flexibility index (Phi) is 4.71. The number of nitrogens with one attached hydrogen (secondary N) is 1.